The molecule has 0 saturated heterocycles. The lowest BCUT2D eigenvalue weighted by molar-refractivity contribution is -0.384. The van der Waals surface area contributed by atoms with E-state index in [9.17, 15) is 24.5 Å². The monoisotopic (exact) mass is 403 g/mol. The summed E-state index contributed by atoms with van der Waals surface area (Å²) in [7, 11) is 0. The Balaban J connectivity index is 2.31. The first-order chi connectivity index (χ1) is 13.3. The molecule has 0 atom stereocenters. The van der Waals surface area contributed by atoms with Crippen LogP contribution < -0.4 is 10.6 Å². The van der Waals surface area contributed by atoms with Crippen molar-refractivity contribution in [2.75, 3.05) is 6.54 Å². The third-order valence-electron chi connectivity index (χ3n) is 3.43. The lowest BCUT2D eigenvalue weighted by atomic mass is 10.1. The number of nitro benzene ring substituents is 1. The second-order valence-electron chi connectivity index (χ2n) is 5.42. The molecule has 3 N–H and O–H groups in total. The third kappa shape index (κ3) is 5.64. The predicted octanol–water partition coefficient (Wildman–Crippen LogP) is 2.22. The molecule has 0 saturated carbocycles. The fraction of sp³-hybridized carbons (Fsp3) is 0.0556. The van der Waals surface area contributed by atoms with Crippen LogP contribution >= 0.6 is 11.6 Å². The number of hydrogen-bond donors (Lipinski definition) is 3. The molecule has 0 aliphatic heterocycles. The highest BCUT2D eigenvalue weighted by Crippen LogP contribution is 2.17. The van der Waals surface area contributed by atoms with Gasteiger partial charge in [0.2, 0.25) is 0 Å². The molecule has 2 aromatic carbocycles. The smallest absolute Gasteiger partial charge is 0.322 e. The van der Waals surface area contributed by atoms with E-state index in [1.165, 1.54) is 42.5 Å². The van der Waals surface area contributed by atoms with Crippen LogP contribution in [-0.2, 0) is 9.59 Å². The quantitative estimate of drug-likeness (QED) is 0.368. The summed E-state index contributed by atoms with van der Waals surface area (Å²) < 4.78 is 0. The molecule has 10 heteroatoms. The molecule has 0 spiro atoms. The standard InChI is InChI=1S/C18H14ClN3O6/c19-14-4-2-1-3-13(14)17(25)21-15(18(26)20-10-16(23)24)9-11-5-7-12(8-6-11)22(27)28/h1-9H,10H2,(H,20,26)(H,21,25)(H,23,24). The van der Waals surface area contributed by atoms with E-state index in [0.717, 1.165) is 0 Å². The number of carbonyl (C=O) groups excluding carboxylic acids is 2. The fourth-order valence-electron chi connectivity index (χ4n) is 2.10. The highest BCUT2D eigenvalue weighted by molar-refractivity contribution is 6.34. The zero-order valence-electron chi connectivity index (χ0n) is 14.2. The summed E-state index contributed by atoms with van der Waals surface area (Å²) in [5, 5.41) is 24.1. The lowest BCUT2D eigenvalue weighted by Gasteiger charge is -2.11. The van der Waals surface area contributed by atoms with Crippen molar-refractivity contribution in [1.29, 1.82) is 0 Å². The summed E-state index contributed by atoms with van der Waals surface area (Å²) in [4.78, 5) is 45.5. The Kier molecular flexibility index (Phi) is 6.83. The Morgan fingerprint density at radius 2 is 1.75 bits per heavy atom. The van der Waals surface area contributed by atoms with Crippen LogP contribution in [0.2, 0.25) is 5.02 Å². The van der Waals surface area contributed by atoms with Gasteiger partial charge in [0, 0.05) is 12.1 Å². The average molecular weight is 404 g/mol. The Morgan fingerprint density at radius 1 is 1.11 bits per heavy atom. The van der Waals surface area contributed by atoms with Gasteiger partial charge in [-0.25, -0.2) is 0 Å². The van der Waals surface area contributed by atoms with E-state index in [0.29, 0.717) is 5.56 Å². The molecule has 0 radical (unpaired) electrons. The maximum Gasteiger partial charge on any atom is 0.322 e. The van der Waals surface area contributed by atoms with Gasteiger partial charge in [0.05, 0.1) is 15.5 Å². The first-order valence-corrected chi connectivity index (χ1v) is 8.17. The summed E-state index contributed by atoms with van der Waals surface area (Å²) in [6, 6.07) is 11.4. The molecule has 0 aliphatic carbocycles. The van der Waals surface area contributed by atoms with Gasteiger partial charge < -0.3 is 15.7 Å². The van der Waals surface area contributed by atoms with Gasteiger partial charge in [-0.1, -0.05) is 23.7 Å². The lowest BCUT2D eigenvalue weighted by Crippen LogP contribution is -2.37. The zero-order valence-corrected chi connectivity index (χ0v) is 15.0. The third-order valence-corrected chi connectivity index (χ3v) is 3.76. The first-order valence-electron chi connectivity index (χ1n) is 7.80. The molecular weight excluding hydrogens is 390 g/mol. The van der Waals surface area contributed by atoms with Crippen molar-refractivity contribution >= 4 is 41.1 Å². The molecule has 0 aliphatic rings. The molecular formula is C18H14ClN3O6. The number of halogens is 1. The van der Waals surface area contributed by atoms with Gasteiger partial charge in [-0.05, 0) is 35.9 Å². The maximum absolute atomic E-state index is 12.4. The second-order valence-corrected chi connectivity index (χ2v) is 5.82. The number of carboxylic acid groups (broad SMARTS) is 1. The van der Waals surface area contributed by atoms with Gasteiger partial charge in [0.15, 0.2) is 0 Å². The zero-order chi connectivity index (χ0) is 20.7. The number of carboxylic acids is 1. The van der Waals surface area contributed by atoms with Gasteiger partial charge in [0.1, 0.15) is 12.2 Å². The normalized spacial score (nSPS) is 10.8. The number of amides is 2. The maximum atomic E-state index is 12.4. The van der Waals surface area contributed by atoms with Crippen LogP contribution in [0.4, 0.5) is 5.69 Å². The number of nitrogens with zero attached hydrogens (tertiary/aromatic N) is 1. The number of aliphatic carboxylic acids is 1. The summed E-state index contributed by atoms with van der Waals surface area (Å²) in [5.41, 5.74) is 0.101. The molecule has 2 aromatic rings. The number of rotatable bonds is 7. The molecule has 0 aromatic heterocycles. The Morgan fingerprint density at radius 3 is 2.32 bits per heavy atom. The second kappa shape index (κ2) is 9.28. The first kappa shape index (κ1) is 20.6. The Bertz CT molecular complexity index is 956. The molecule has 2 amide bonds. The van der Waals surface area contributed by atoms with E-state index in [2.05, 4.69) is 10.6 Å². The SMILES string of the molecule is O=C(O)CNC(=O)C(=Cc1ccc([N+](=O)[O-])cc1)NC(=O)c1ccccc1Cl. The van der Waals surface area contributed by atoms with Gasteiger partial charge in [-0.2, -0.15) is 0 Å². The number of benzene rings is 2. The molecule has 9 nitrogen and oxygen atoms in total. The van der Waals surface area contributed by atoms with Crippen molar-refractivity contribution in [3.8, 4) is 0 Å². The van der Waals surface area contributed by atoms with E-state index in [1.54, 1.807) is 12.1 Å². The van der Waals surface area contributed by atoms with Crippen molar-refractivity contribution < 1.29 is 24.4 Å². The largest absolute Gasteiger partial charge is 0.480 e. The highest BCUT2D eigenvalue weighted by atomic mass is 35.5. The minimum Gasteiger partial charge on any atom is -0.480 e. The molecule has 28 heavy (non-hydrogen) atoms. The fourth-order valence-corrected chi connectivity index (χ4v) is 2.32. The van der Waals surface area contributed by atoms with Crippen LogP contribution in [0, 0.1) is 10.1 Å². The van der Waals surface area contributed by atoms with Crippen LogP contribution in [0.3, 0.4) is 0 Å². The molecule has 144 valence electrons. The predicted molar refractivity (Wildman–Crippen MR) is 101 cm³/mol. The van der Waals surface area contributed by atoms with Crippen LogP contribution in [0.1, 0.15) is 15.9 Å². The van der Waals surface area contributed by atoms with E-state index in [4.69, 9.17) is 16.7 Å². The molecule has 0 unspecified atom stereocenters. The minimum atomic E-state index is -1.26. The Hall–Kier alpha value is -3.72. The van der Waals surface area contributed by atoms with Crippen molar-refractivity contribution in [3.63, 3.8) is 0 Å². The van der Waals surface area contributed by atoms with Gasteiger partial charge in [-0.3, -0.25) is 24.5 Å². The van der Waals surface area contributed by atoms with Crippen molar-refractivity contribution in [1.82, 2.24) is 10.6 Å². The van der Waals surface area contributed by atoms with Crippen LogP contribution in [0.25, 0.3) is 6.08 Å². The summed E-state index contributed by atoms with van der Waals surface area (Å²) in [6.45, 7) is -0.654. The van der Waals surface area contributed by atoms with Gasteiger partial charge in [-0.15, -0.1) is 0 Å². The minimum absolute atomic E-state index is 0.116. The van der Waals surface area contributed by atoms with Gasteiger partial charge in [0.25, 0.3) is 17.5 Å². The number of carbonyl (C=O) groups is 3. The molecule has 2 rings (SSSR count). The van der Waals surface area contributed by atoms with Gasteiger partial charge >= 0.3 is 5.97 Å². The number of nitrogens with one attached hydrogen (secondary N) is 2. The number of non-ortho nitro benzene ring substituents is 1. The van der Waals surface area contributed by atoms with E-state index in [-0.39, 0.29) is 22.0 Å². The van der Waals surface area contributed by atoms with Crippen LogP contribution in [0.5, 0.6) is 0 Å². The summed E-state index contributed by atoms with van der Waals surface area (Å²) >= 11 is 5.97. The summed E-state index contributed by atoms with van der Waals surface area (Å²) in [5.74, 6) is -2.79. The average Bonchev–Trinajstić information content (AvgIpc) is 2.66. The highest BCUT2D eigenvalue weighted by Gasteiger charge is 2.17. The van der Waals surface area contributed by atoms with Crippen LogP contribution in [-0.4, -0.2) is 34.4 Å². The van der Waals surface area contributed by atoms with Crippen LogP contribution in [0.15, 0.2) is 54.2 Å². The van der Waals surface area contributed by atoms with Crippen molar-refractivity contribution in [2.45, 2.75) is 0 Å². The Labute approximate surface area is 163 Å². The van der Waals surface area contributed by atoms with Crippen molar-refractivity contribution in [2.24, 2.45) is 0 Å². The topological polar surface area (TPSA) is 139 Å². The van der Waals surface area contributed by atoms with E-state index in [1.807, 2.05) is 0 Å². The summed E-state index contributed by atoms with van der Waals surface area (Å²) in [6.07, 6.45) is 1.26. The number of hydrogen-bond acceptors (Lipinski definition) is 5. The molecule has 0 heterocycles. The van der Waals surface area contributed by atoms with E-state index >= 15 is 0 Å². The molecule has 0 fully saturated rings. The molecule has 0 bridgehead atoms. The van der Waals surface area contributed by atoms with Crippen molar-refractivity contribution in [3.05, 3.63) is 80.5 Å². The number of nitro groups is 1. The van der Waals surface area contributed by atoms with E-state index < -0.39 is 29.3 Å².